The van der Waals surface area contributed by atoms with Crippen molar-refractivity contribution in [3.05, 3.63) is 34.3 Å². The Morgan fingerprint density at radius 3 is 2.90 bits per heavy atom. The van der Waals surface area contributed by atoms with Gasteiger partial charge < -0.3 is 5.32 Å². The van der Waals surface area contributed by atoms with Gasteiger partial charge in [-0.25, -0.2) is 0 Å². The first-order valence-electron chi connectivity index (χ1n) is 8.17. The van der Waals surface area contributed by atoms with E-state index in [9.17, 15) is 0 Å². The molecular formula is C18H28BrN. The molecule has 1 aliphatic carbocycles. The number of rotatable bonds is 6. The summed E-state index contributed by atoms with van der Waals surface area (Å²) in [7, 11) is 0. The van der Waals surface area contributed by atoms with Gasteiger partial charge in [0, 0.05) is 10.5 Å². The van der Waals surface area contributed by atoms with Crippen molar-refractivity contribution < 1.29 is 0 Å². The van der Waals surface area contributed by atoms with E-state index in [-0.39, 0.29) is 0 Å². The summed E-state index contributed by atoms with van der Waals surface area (Å²) in [4.78, 5) is 0. The lowest BCUT2D eigenvalue weighted by Crippen LogP contribution is -2.40. The molecule has 3 atom stereocenters. The van der Waals surface area contributed by atoms with Crippen molar-refractivity contribution in [2.75, 3.05) is 6.54 Å². The van der Waals surface area contributed by atoms with Crippen LogP contribution in [0.3, 0.4) is 0 Å². The molecule has 1 saturated carbocycles. The summed E-state index contributed by atoms with van der Waals surface area (Å²) >= 11 is 3.59. The number of nitrogens with one attached hydrogen (secondary N) is 1. The average Bonchev–Trinajstić information content (AvgIpc) is 2.43. The quantitative estimate of drug-likeness (QED) is 0.753. The minimum Gasteiger partial charge on any atom is -0.313 e. The van der Waals surface area contributed by atoms with E-state index in [4.69, 9.17) is 0 Å². The zero-order valence-electron chi connectivity index (χ0n) is 12.9. The summed E-state index contributed by atoms with van der Waals surface area (Å²) in [6, 6.07) is 9.44. The van der Waals surface area contributed by atoms with Crippen molar-refractivity contribution >= 4 is 15.9 Å². The van der Waals surface area contributed by atoms with Crippen LogP contribution in [0.5, 0.6) is 0 Å². The molecule has 0 amide bonds. The van der Waals surface area contributed by atoms with E-state index < -0.39 is 0 Å². The molecule has 2 heteroatoms. The Bertz CT molecular complexity index is 404. The first-order chi connectivity index (χ1) is 9.69. The van der Waals surface area contributed by atoms with Crippen LogP contribution in [-0.4, -0.2) is 12.6 Å². The maximum absolute atomic E-state index is 3.81. The van der Waals surface area contributed by atoms with Crippen molar-refractivity contribution in [2.24, 2.45) is 11.8 Å². The minimum atomic E-state index is 0.645. The van der Waals surface area contributed by atoms with Gasteiger partial charge in [0.15, 0.2) is 0 Å². The van der Waals surface area contributed by atoms with Gasteiger partial charge in [0.2, 0.25) is 0 Å². The third kappa shape index (κ3) is 4.89. The van der Waals surface area contributed by atoms with Crippen LogP contribution in [0.2, 0.25) is 0 Å². The second kappa shape index (κ2) is 8.19. The Hall–Kier alpha value is -0.340. The second-order valence-electron chi connectivity index (χ2n) is 6.43. The predicted octanol–water partition coefficient (Wildman–Crippen LogP) is 5.19. The van der Waals surface area contributed by atoms with E-state index in [0.717, 1.165) is 24.8 Å². The van der Waals surface area contributed by atoms with Gasteiger partial charge in [0.1, 0.15) is 0 Å². The number of hydrogen-bond donors (Lipinski definition) is 1. The minimum absolute atomic E-state index is 0.645. The lowest BCUT2D eigenvalue weighted by Gasteiger charge is -2.34. The zero-order valence-corrected chi connectivity index (χ0v) is 14.5. The Labute approximate surface area is 132 Å². The monoisotopic (exact) mass is 337 g/mol. The van der Waals surface area contributed by atoms with Gasteiger partial charge in [-0.3, -0.25) is 0 Å². The number of halogens is 1. The highest BCUT2D eigenvalue weighted by Gasteiger charge is 2.26. The standard InChI is InChI=1S/C18H28BrN/c1-3-10-20-18(16-8-4-6-14(2)11-16)13-15-7-5-9-17(19)12-15/h5,7,9,12,14,16,18,20H,3-4,6,8,10-11,13H2,1-2H3. The Kier molecular flexibility index (Phi) is 6.57. The third-order valence-corrected chi connectivity index (χ3v) is 5.04. The van der Waals surface area contributed by atoms with Gasteiger partial charge in [-0.15, -0.1) is 0 Å². The van der Waals surface area contributed by atoms with Gasteiger partial charge in [0.05, 0.1) is 0 Å². The molecule has 1 N–H and O–H groups in total. The first-order valence-corrected chi connectivity index (χ1v) is 8.96. The topological polar surface area (TPSA) is 12.0 Å². The van der Waals surface area contributed by atoms with Crippen molar-refractivity contribution in [1.82, 2.24) is 5.32 Å². The van der Waals surface area contributed by atoms with E-state index in [1.54, 1.807) is 0 Å². The fourth-order valence-electron chi connectivity index (χ4n) is 3.50. The summed E-state index contributed by atoms with van der Waals surface area (Å²) in [6.07, 6.45) is 8.02. The Morgan fingerprint density at radius 1 is 1.35 bits per heavy atom. The molecule has 1 aromatic carbocycles. The van der Waals surface area contributed by atoms with Crippen molar-refractivity contribution in [3.8, 4) is 0 Å². The molecule has 1 aliphatic rings. The predicted molar refractivity (Wildman–Crippen MR) is 91.0 cm³/mol. The Balaban J connectivity index is 2.02. The lowest BCUT2D eigenvalue weighted by molar-refractivity contribution is 0.221. The molecule has 0 radical (unpaired) electrons. The highest BCUT2D eigenvalue weighted by Crippen LogP contribution is 2.32. The van der Waals surface area contributed by atoms with E-state index in [0.29, 0.717) is 6.04 Å². The summed E-state index contributed by atoms with van der Waals surface area (Å²) in [5, 5.41) is 3.81. The fourth-order valence-corrected chi connectivity index (χ4v) is 3.95. The average molecular weight is 338 g/mol. The van der Waals surface area contributed by atoms with Crippen molar-refractivity contribution in [3.63, 3.8) is 0 Å². The summed E-state index contributed by atoms with van der Waals surface area (Å²) in [5.74, 6) is 1.76. The molecular weight excluding hydrogens is 310 g/mol. The van der Waals surface area contributed by atoms with Crippen LogP contribution in [0.15, 0.2) is 28.7 Å². The molecule has 0 aliphatic heterocycles. The van der Waals surface area contributed by atoms with Gasteiger partial charge in [-0.05, 0) is 61.8 Å². The smallest absolute Gasteiger partial charge is 0.0178 e. The zero-order chi connectivity index (χ0) is 14.4. The van der Waals surface area contributed by atoms with Gasteiger partial charge in [-0.2, -0.15) is 0 Å². The molecule has 0 aromatic heterocycles. The molecule has 0 saturated heterocycles. The van der Waals surface area contributed by atoms with E-state index in [1.807, 2.05) is 0 Å². The SMILES string of the molecule is CCCNC(Cc1cccc(Br)c1)C1CCCC(C)C1. The van der Waals surface area contributed by atoms with Crippen LogP contribution in [0, 0.1) is 11.8 Å². The summed E-state index contributed by atoms with van der Waals surface area (Å²) in [6.45, 7) is 5.82. The van der Waals surface area contributed by atoms with Crippen LogP contribution in [0.25, 0.3) is 0 Å². The molecule has 112 valence electrons. The summed E-state index contributed by atoms with van der Waals surface area (Å²) in [5.41, 5.74) is 1.45. The van der Waals surface area contributed by atoms with E-state index in [1.165, 1.54) is 42.1 Å². The van der Waals surface area contributed by atoms with Crippen LogP contribution in [0.4, 0.5) is 0 Å². The van der Waals surface area contributed by atoms with Crippen LogP contribution in [-0.2, 0) is 6.42 Å². The number of benzene rings is 1. The second-order valence-corrected chi connectivity index (χ2v) is 7.34. The third-order valence-electron chi connectivity index (χ3n) is 4.55. The fraction of sp³-hybridized carbons (Fsp3) is 0.667. The Morgan fingerprint density at radius 2 is 2.20 bits per heavy atom. The molecule has 1 nitrogen and oxygen atoms in total. The van der Waals surface area contributed by atoms with E-state index >= 15 is 0 Å². The van der Waals surface area contributed by atoms with E-state index in [2.05, 4.69) is 59.4 Å². The normalized spacial score (nSPS) is 24.6. The van der Waals surface area contributed by atoms with Crippen LogP contribution >= 0.6 is 15.9 Å². The molecule has 1 aromatic rings. The molecule has 0 spiro atoms. The van der Waals surface area contributed by atoms with Gasteiger partial charge in [0.25, 0.3) is 0 Å². The molecule has 2 rings (SSSR count). The highest BCUT2D eigenvalue weighted by atomic mass is 79.9. The van der Waals surface area contributed by atoms with Gasteiger partial charge in [-0.1, -0.05) is 54.8 Å². The van der Waals surface area contributed by atoms with Crippen molar-refractivity contribution in [1.29, 1.82) is 0 Å². The molecule has 0 heterocycles. The maximum Gasteiger partial charge on any atom is 0.0178 e. The van der Waals surface area contributed by atoms with Gasteiger partial charge >= 0.3 is 0 Å². The molecule has 3 unspecified atom stereocenters. The van der Waals surface area contributed by atoms with Crippen molar-refractivity contribution in [2.45, 2.75) is 58.4 Å². The summed E-state index contributed by atoms with van der Waals surface area (Å²) < 4.78 is 1.20. The lowest BCUT2D eigenvalue weighted by atomic mass is 9.77. The largest absolute Gasteiger partial charge is 0.313 e. The highest BCUT2D eigenvalue weighted by molar-refractivity contribution is 9.10. The molecule has 20 heavy (non-hydrogen) atoms. The maximum atomic E-state index is 3.81. The molecule has 0 bridgehead atoms. The molecule has 1 fully saturated rings. The van der Waals surface area contributed by atoms with Crippen LogP contribution < -0.4 is 5.32 Å². The van der Waals surface area contributed by atoms with Crippen LogP contribution in [0.1, 0.15) is 51.5 Å². The first kappa shape index (κ1) is 16.0. The number of hydrogen-bond acceptors (Lipinski definition) is 1.